The van der Waals surface area contributed by atoms with Gasteiger partial charge in [0, 0.05) is 0 Å². The summed E-state index contributed by atoms with van der Waals surface area (Å²) in [6.07, 6.45) is -0.576. The number of amides is 1. The molecular weight excluding hydrogens is 255 g/mol. The van der Waals surface area contributed by atoms with E-state index in [4.69, 9.17) is 9.15 Å². The standard InChI is InChI=1S/C14H19BN2O3/c1-14(2,3)20-13(18)17-12-16-10-8-9(15(4)5)6-7-11(10)19-12/h6-8H,1-5H3,(H,16,17,18). The maximum absolute atomic E-state index is 11.6. The molecule has 5 nitrogen and oxygen atoms in total. The summed E-state index contributed by atoms with van der Waals surface area (Å²) in [5.41, 5.74) is 1.98. The maximum Gasteiger partial charge on any atom is 0.415 e. The predicted molar refractivity (Wildman–Crippen MR) is 81.0 cm³/mol. The topological polar surface area (TPSA) is 64.4 Å². The maximum atomic E-state index is 11.6. The van der Waals surface area contributed by atoms with Crippen LogP contribution in [0.4, 0.5) is 10.8 Å². The van der Waals surface area contributed by atoms with E-state index in [-0.39, 0.29) is 6.01 Å². The van der Waals surface area contributed by atoms with Gasteiger partial charge < -0.3 is 9.15 Å². The van der Waals surface area contributed by atoms with Gasteiger partial charge in [-0.1, -0.05) is 25.2 Å². The molecule has 0 atom stereocenters. The molecule has 0 aliphatic carbocycles. The number of anilines is 1. The Hall–Kier alpha value is -1.98. The zero-order chi connectivity index (χ0) is 14.9. The van der Waals surface area contributed by atoms with Crippen molar-refractivity contribution in [3.63, 3.8) is 0 Å². The SMILES string of the molecule is CB(C)c1ccc2oc(NC(=O)OC(C)(C)C)nc2c1. The number of oxazole rings is 1. The summed E-state index contributed by atoms with van der Waals surface area (Å²) < 4.78 is 10.6. The average molecular weight is 274 g/mol. The van der Waals surface area contributed by atoms with Crippen molar-refractivity contribution in [1.29, 1.82) is 0 Å². The molecule has 20 heavy (non-hydrogen) atoms. The number of hydrogen-bond donors (Lipinski definition) is 1. The third-order valence-electron chi connectivity index (χ3n) is 2.69. The van der Waals surface area contributed by atoms with Crippen LogP contribution in [0, 0.1) is 0 Å². The van der Waals surface area contributed by atoms with E-state index in [9.17, 15) is 4.79 Å². The molecule has 106 valence electrons. The molecule has 0 bridgehead atoms. The number of ether oxygens (including phenoxy) is 1. The molecule has 0 fully saturated rings. The Kier molecular flexibility index (Phi) is 3.75. The fraction of sp³-hybridized carbons (Fsp3) is 0.429. The Morgan fingerprint density at radius 2 is 2.05 bits per heavy atom. The quantitative estimate of drug-likeness (QED) is 0.854. The van der Waals surface area contributed by atoms with Crippen LogP contribution in [0.5, 0.6) is 0 Å². The van der Waals surface area contributed by atoms with E-state index in [1.165, 1.54) is 5.46 Å². The third-order valence-corrected chi connectivity index (χ3v) is 2.69. The smallest absolute Gasteiger partial charge is 0.415 e. The van der Waals surface area contributed by atoms with Crippen LogP contribution in [-0.2, 0) is 4.74 Å². The minimum absolute atomic E-state index is 0.148. The molecular formula is C14H19BN2O3. The lowest BCUT2D eigenvalue weighted by atomic mass is 9.49. The Bertz CT molecular complexity index is 629. The van der Waals surface area contributed by atoms with E-state index >= 15 is 0 Å². The predicted octanol–water partition coefficient (Wildman–Crippen LogP) is 3.14. The van der Waals surface area contributed by atoms with E-state index in [1.807, 2.05) is 18.2 Å². The molecule has 0 unspecified atom stereocenters. The lowest BCUT2D eigenvalue weighted by Gasteiger charge is -2.18. The van der Waals surface area contributed by atoms with Crippen molar-refractivity contribution in [3.05, 3.63) is 18.2 Å². The molecule has 2 aromatic rings. The van der Waals surface area contributed by atoms with Crippen molar-refractivity contribution in [2.75, 3.05) is 5.32 Å². The molecule has 0 radical (unpaired) electrons. The second kappa shape index (κ2) is 5.19. The largest absolute Gasteiger partial charge is 0.443 e. The molecule has 6 heteroatoms. The molecule has 1 aromatic heterocycles. The minimum atomic E-state index is -0.576. The van der Waals surface area contributed by atoms with Crippen LogP contribution in [0.3, 0.4) is 0 Å². The first kappa shape index (κ1) is 14.4. The summed E-state index contributed by atoms with van der Waals surface area (Å²) in [4.78, 5) is 15.9. The van der Waals surface area contributed by atoms with Crippen molar-refractivity contribution in [2.24, 2.45) is 0 Å². The van der Waals surface area contributed by atoms with E-state index in [1.54, 1.807) is 20.8 Å². The van der Waals surface area contributed by atoms with Crippen molar-refractivity contribution < 1.29 is 13.9 Å². The number of nitrogens with one attached hydrogen (secondary N) is 1. The van der Waals surface area contributed by atoms with Crippen LogP contribution in [0.15, 0.2) is 22.6 Å². The second-order valence-corrected chi connectivity index (χ2v) is 6.03. The van der Waals surface area contributed by atoms with Gasteiger partial charge in [0.2, 0.25) is 0 Å². The van der Waals surface area contributed by atoms with Gasteiger partial charge in [-0.25, -0.2) is 10.1 Å². The summed E-state index contributed by atoms with van der Waals surface area (Å²) in [6, 6.07) is 5.96. The first-order valence-electron chi connectivity index (χ1n) is 6.65. The third kappa shape index (κ3) is 3.53. The zero-order valence-electron chi connectivity index (χ0n) is 12.5. The number of fused-ring (bicyclic) bond motifs is 1. The number of rotatable bonds is 2. The van der Waals surface area contributed by atoms with Crippen molar-refractivity contribution in [2.45, 2.75) is 40.0 Å². The lowest BCUT2D eigenvalue weighted by molar-refractivity contribution is 0.0632. The molecule has 0 saturated heterocycles. The highest BCUT2D eigenvalue weighted by Gasteiger charge is 2.18. The second-order valence-electron chi connectivity index (χ2n) is 6.03. The number of hydrogen-bond acceptors (Lipinski definition) is 4. The molecule has 1 amide bonds. The van der Waals surface area contributed by atoms with Crippen molar-refractivity contribution in [3.8, 4) is 0 Å². The van der Waals surface area contributed by atoms with E-state index in [0.29, 0.717) is 12.3 Å². The number of carbonyl (C=O) groups excluding carboxylic acids is 1. The van der Waals surface area contributed by atoms with Gasteiger partial charge in [-0.2, -0.15) is 4.98 Å². The molecule has 1 heterocycles. The van der Waals surface area contributed by atoms with Crippen LogP contribution in [0.25, 0.3) is 11.1 Å². The van der Waals surface area contributed by atoms with Gasteiger partial charge >= 0.3 is 12.1 Å². The summed E-state index contributed by atoms with van der Waals surface area (Å²) in [7, 11) is 0. The summed E-state index contributed by atoms with van der Waals surface area (Å²) in [6.45, 7) is 10.0. The molecule has 0 saturated carbocycles. The highest BCUT2D eigenvalue weighted by molar-refractivity contribution is 6.70. The fourth-order valence-corrected chi connectivity index (χ4v) is 1.75. The number of aromatic nitrogens is 1. The van der Waals surface area contributed by atoms with E-state index in [2.05, 4.69) is 23.9 Å². The Balaban J connectivity index is 2.18. The fourth-order valence-electron chi connectivity index (χ4n) is 1.75. The van der Waals surface area contributed by atoms with Crippen LogP contribution in [0.2, 0.25) is 13.6 Å². The monoisotopic (exact) mass is 274 g/mol. The molecule has 0 spiro atoms. The Morgan fingerprint density at radius 1 is 1.35 bits per heavy atom. The van der Waals surface area contributed by atoms with Crippen molar-refractivity contribution >= 4 is 35.4 Å². The average Bonchev–Trinajstić information content (AvgIpc) is 2.66. The molecule has 1 N–H and O–H groups in total. The van der Waals surface area contributed by atoms with Crippen LogP contribution >= 0.6 is 0 Å². The summed E-state index contributed by atoms with van der Waals surface area (Å²) >= 11 is 0. The first-order valence-corrected chi connectivity index (χ1v) is 6.65. The minimum Gasteiger partial charge on any atom is -0.443 e. The van der Waals surface area contributed by atoms with Gasteiger partial charge in [-0.05, 0) is 32.9 Å². The number of benzene rings is 1. The lowest BCUT2D eigenvalue weighted by Crippen LogP contribution is -2.27. The van der Waals surface area contributed by atoms with E-state index < -0.39 is 11.7 Å². The Morgan fingerprint density at radius 3 is 2.65 bits per heavy atom. The number of nitrogens with zero attached hydrogens (tertiary/aromatic N) is 1. The molecule has 1 aromatic carbocycles. The normalized spacial score (nSPS) is 11.4. The van der Waals surface area contributed by atoms with Gasteiger partial charge in [-0.3, -0.25) is 0 Å². The van der Waals surface area contributed by atoms with Crippen LogP contribution in [-0.4, -0.2) is 23.4 Å². The zero-order valence-corrected chi connectivity index (χ0v) is 12.5. The van der Waals surface area contributed by atoms with Gasteiger partial charge in [0.1, 0.15) is 11.1 Å². The van der Waals surface area contributed by atoms with Gasteiger partial charge in [0.15, 0.2) is 12.3 Å². The molecule has 2 rings (SSSR count). The van der Waals surface area contributed by atoms with Gasteiger partial charge in [0.25, 0.3) is 0 Å². The summed E-state index contributed by atoms with van der Waals surface area (Å²) in [5.74, 6) is 0. The van der Waals surface area contributed by atoms with Gasteiger partial charge in [-0.15, -0.1) is 0 Å². The highest BCUT2D eigenvalue weighted by atomic mass is 16.6. The van der Waals surface area contributed by atoms with Crippen molar-refractivity contribution in [1.82, 2.24) is 4.98 Å². The summed E-state index contributed by atoms with van der Waals surface area (Å²) in [5, 5.41) is 2.50. The van der Waals surface area contributed by atoms with Crippen LogP contribution < -0.4 is 10.8 Å². The molecule has 0 aliphatic heterocycles. The Labute approximate surface area is 118 Å². The van der Waals surface area contributed by atoms with Gasteiger partial charge in [0.05, 0.1) is 0 Å². The highest BCUT2D eigenvalue weighted by Crippen LogP contribution is 2.18. The van der Waals surface area contributed by atoms with E-state index in [0.717, 1.165) is 5.52 Å². The molecule has 0 aliphatic rings. The van der Waals surface area contributed by atoms with Crippen LogP contribution in [0.1, 0.15) is 20.8 Å². The first-order chi connectivity index (χ1) is 9.24. The number of carbonyl (C=O) groups is 1.